The van der Waals surface area contributed by atoms with Gasteiger partial charge in [-0.15, -0.1) is 10.2 Å². The van der Waals surface area contributed by atoms with E-state index < -0.39 is 0 Å². The molecule has 3 rings (SSSR count). The van der Waals surface area contributed by atoms with E-state index in [-0.39, 0.29) is 11.7 Å². The van der Waals surface area contributed by atoms with Gasteiger partial charge in [-0.25, -0.2) is 0 Å². The topological polar surface area (TPSA) is 68.0 Å². The second kappa shape index (κ2) is 7.17. The van der Waals surface area contributed by atoms with Crippen LogP contribution in [0, 0.1) is 0 Å². The summed E-state index contributed by atoms with van der Waals surface area (Å²) in [5, 5.41) is 11.3. The lowest BCUT2D eigenvalue weighted by Gasteiger charge is -2.10. The fraction of sp³-hybridized carbons (Fsp3) is 0.471. The highest BCUT2D eigenvalue weighted by Gasteiger charge is 2.29. The molecule has 1 aromatic heterocycles. The normalized spacial score (nSPS) is 15.4. The summed E-state index contributed by atoms with van der Waals surface area (Å²) in [6.45, 7) is 4.37. The lowest BCUT2D eigenvalue weighted by atomic mass is 9.99. The highest BCUT2D eigenvalue weighted by Crippen LogP contribution is 2.39. The predicted molar refractivity (Wildman–Crippen MR) is 90.8 cm³/mol. The van der Waals surface area contributed by atoms with Crippen LogP contribution in [-0.2, 0) is 4.79 Å². The van der Waals surface area contributed by atoms with Crippen LogP contribution in [0.5, 0.6) is 0 Å². The SMILES string of the molecule is CC[C@@H](C)c1ccc(NC(=O)CSc2nnc(C3CC3)o2)cc1. The monoisotopic (exact) mass is 331 g/mol. The second-order valence-electron chi connectivity index (χ2n) is 5.95. The Morgan fingerprint density at radius 3 is 2.74 bits per heavy atom. The molecule has 0 unspecified atom stereocenters. The molecule has 1 amide bonds. The maximum Gasteiger partial charge on any atom is 0.277 e. The maximum absolute atomic E-state index is 12.0. The van der Waals surface area contributed by atoms with Crippen molar-refractivity contribution in [3.63, 3.8) is 0 Å². The minimum atomic E-state index is -0.0718. The molecule has 0 aliphatic heterocycles. The van der Waals surface area contributed by atoms with Gasteiger partial charge in [0.25, 0.3) is 5.22 Å². The maximum atomic E-state index is 12.0. The Labute approximate surface area is 140 Å². The molecule has 1 aromatic carbocycles. The quantitative estimate of drug-likeness (QED) is 0.770. The summed E-state index contributed by atoms with van der Waals surface area (Å²) in [5.41, 5.74) is 2.10. The number of hydrogen-bond acceptors (Lipinski definition) is 5. The molecule has 5 nitrogen and oxygen atoms in total. The van der Waals surface area contributed by atoms with Crippen LogP contribution in [0.1, 0.15) is 56.4 Å². The lowest BCUT2D eigenvalue weighted by molar-refractivity contribution is -0.113. The van der Waals surface area contributed by atoms with Gasteiger partial charge in [-0.3, -0.25) is 4.79 Å². The number of carbonyl (C=O) groups is 1. The van der Waals surface area contributed by atoms with Crippen molar-refractivity contribution in [1.82, 2.24) is 10.2 Å². The van der Waals surface area contributed by atoms with Crippen molar-refractivity contribution < 1.29 is 9.21 Å². The minimum absolute atomic E-state index is 0.0718. The highest BCUT2D eigenvalue weighted by molar-refractivity contribution is 7.99. The molecule has 1 N–H and O–H groups in total. The molecule has 0 radical (unpaired) electrons. The third-order valence-corrected chi connectivity index (χ3v) is 4.87. The Morgan fingerprint density at radius 2 is 2.09 bits per heavy atom. The molecule has 23 heavy (non-hydrogen) atoms. The molecule has 2 aromatic rings. The standard InChI is InChI=1S/C17H21N3O2S/c1-3-11(2)12-6-8-14(9-7-12)18-15(21)10-23-17-20-19-16(22-17)13-4-5-13/h6-9,11,13H,3-5,10H2,1-2H3,(H,18,21)/t11-/m1/s1. The van der Waals surface area contributed by atoms with Crippen LogP contribution in [0.25, 0.3) is 0 Å². The predicted octanol–water partition coefficient (Wildman–Crippen LogP) is 4.19. The minimum Gasteiger partial charge on any atom is -0.416 e. The fourth-order valence-corrected chi connectivity index (χ4v) is 2.80. The van der Waals surface area contributed by atoms with Crippen molar-refractivity contribution in [1.29, 1.82) is 0 Å². The summed E-state index contributed by atoms with van der Waals surface area (Å²) in [6.07, 6.45) is 3.36. The van der Waals surface area contributed by atoms with Crippen molar-refractivity contribution in [3.05, 3.63) is 35.7 Å². The van der Waals surface area contributed by atoms with E-state index in [1.165, 1.54) is 17.3 Å². The van der Waals surface area contributed by atoms with Gasteiger partial charge in [0, 0.05) is 11.6 Å². The number of aromatic nitrogens is 2. The zero-order valence-electron chi connectivity index (χ0n) is 13.4. The molecular weight excluding hydrogens is 310 g/mol. The van der Waals surface area contributed by atoms with Gasteiger partial charge in [0.15, 0.2) is 0 Å². The number of thioether (sulfide) groups is 1. The summed E-state index contributed by atoms with van der Waals surface area (Å²) in [4.78, 5) is 12.0. The smallest absolute Gasteiger partial charge is 0.277 e. The molecule has 1 fully saturated rings. The van der Waals surface area contributed by atoms with Gasteiger partial charge in [0.1, 0.15) is 0 Å². The van der Waals surface area contributed by atoms with Crippen molar-refractivity contribution in [2.24, 2.45) is 0 Å². The molecule has 1 atom stereocenters. The molecule has 1 saturated carbocycles. The van der Waals surface area contributed by atoms with E-state index in [9.17, 15) is 4.79 Å². The van der Waals surface area contributed by atoms with E-state index in [2.05, 4.69) is 41.5 Å². The van der Waals surface area contributed by atoms with Crippen LogP contribution < -0.4 is 5.32 Å². The van der Waals surface area contributed by atoms with Gasteiger partial charge in [0.05, 0.1) is 5.75 Å². The Hall–Kier alpha value is -1.82. The third kappa shape index (κ3) is 4.34. The van der Waals surface area contributed by atoms with Gasteiger partial charge in [-0.05, 0) is 42.9 Å². The van der Waals surface area contributed by atoms with Crippen LogP contribution in [0.4, 0.5) is 5.69 Å². The number of hydrogen-bond donors (Lipinski definition) is 1. The Morgan fingerprint density at radius 1 is 1.35 bits per heavy atom. The van der Waals surface area contributed by atoms with Crippen LogP contribution >= 0.6 is 11.8 Å². The van der Waals surface area contributed by atoms with Gasteiger partial charge >= 0.3 is 0 Å². The van der Waals surface area contributed by atoms with E-state index >= 15 is 0 Å². The van der Waals surface area contributed by atoms with E-state index in [0.29, 0.717) is 22.9 Å². The first kappa shape index (κ1) is 16.1. The van der Waals surface area contributed by atoms with Crippen LogP contribution in [0.15, 0.2) is 33.9 Å². The molecule has 122 valence electrons. The van der Waals surface area contributed by atoms with E-state index in [1.807, 2.05) is 12.1 Å². The average molecular weight is 331 g/mol. The zero-order valence-corrected chi connectivity index (χ0v) is 14.2. The molecule has 1 aliphatic carbocycles. The second-order valence-corrected chi connectivity index (χ2v) is 6.88. The van der Waals surface area contributed by atoms with Gasteiger partial charge in [-0.1, -0.05) is 37.7 Å². The third-order valence-electron chi connectivity index (χ3n) is 4.05. The van der Waals surface area contributed by atoms with Gasteiger partial charge in [-0.2, -0.15) is 0 Å². The molecule has 0 saturated heterocycles. The van der Waals surface area contributed by atoms with Crippen molar-refractivity contribution in [3.8, 4) is 0 Å². The fourth-order valence-electron chi connectivity index (χ4n) is 2.23. The summed E-state index contributed by atoms with van der Waals surface area (Å²) in [6, 6.07) is 8.03. The Kier molecular flexibility index (Phi) is 5.00. The number of rotatable bonds is 7. The summed E-state index contributed by atoms with van der Waals surface area (Å²) in [7, 11) is 0. The zero-order chi connectivity index (χ0) is 16.2. The van der Waals surface area contributed by atoms with Crippen LogP contribution in [0.2, 0.25) is 0 Å². The summed E-state index contributed by atoms with van der Waals surface area (Å²) >= 11 is 1.27. The molecule has 0 spiro atoms. The first-order valence-electron chi connectivity index (χ1n) is 8.01. The van der Waals surface area contributed by atoms with Crippen molar-refractivity contribution >= 4 is 23.4 Å². The van der Waals surface area contributed by atoms with Crippen molar-refractivity contribution in [2.75, 3.05) is 11.1 Å². The summed E-state index contributed by atoms with van der Waals surface area (Å²) < 4.78 is 5.52. The number of nitrogens with one attached hydrogen (secondary N) is 1. The number of carbonyl (C=O) groups excluding carboxylic acids is 1. The first-order chi connectivity index (χ1) is 11.2. The number of benzene rings is 1. The largest absolute Gasteiger partial charge is 0.416 e. The van der Waals surface area contributed by atoms with E-state index in [0.717, 1.165) is 24.9 Å². The molecule has 0 bridgehead atoms. The number of nitrogens with zero attached hydrogens (tertiary/aromatic N) is 2. The summed E-state index contributed by atoms with van der Waals surface area (Å²) in [5.74, 6) is 1.87. The van der Waals surface area contributed by atoms with E-state index in [4.69, 9.17) is 4.42 Å². The van der Waals surface area contributed by atoms with Crippen LogP contribution in [0.3, 0.4) is 0 Å². The highest BCUT2D eigenvalue weighted by atomic mass is 32.2. The molecule has 1 heterocycles. The van der Waals surface area contributed by atoms with Crippen molar-refractivity contribution in [2.45, 2.75) is 50.2 Å². The Bertz CT molecular complexity index is 665. The molecule has 1 aliphatic rings. The van der Waals surface area contributed by atoms with Gasteiger partial charge < -0.3 is 9.73 Å². The average Bonchev–Trinajstić information content (AvgIpc) is 3.31. The Balaban J connectivity index is 1.48. The number of amides is 1. The number of anilines is 1. The van der Waals surface area contributed by atoms with Crippen LogP contribution in [-0.4, -0.2) is 21.9 Å². The van der Waals surface area contributed by atoms with Gasteiger partial charge in [0.2, 0.25) is 11.8 Å². The molecule has 6 heteroatoms. The lowest BCUT2D eigenvalue weighted by Crippen LogP contribution is -2.14. The first-order valence-corrected chi connectivity index (χ1v) is 9.00. The van der Waals surface area contributed by atoms with E-state index in [1.54, 1.807) is 0 Å². The molecular formula is C17H21N3O2S.